The highest BCUT2D eigenvalue weighted by atomic mass is 19.1. The Labute approximate surface area is 181 Å². The number of benzene rings is 2. The van der Waals surface area contributed by atoms with E-state index in [1.165, 1.54) is 12.1 Å². The minimum Gasteiger partial charge on any atom is -0.363 e. The van der Waals surface area contributed by atoms with Crippen LogP contribution in [0.25, 0.3) is 0 Å². The number of nitrogens with two attached hydrogens (primary N) is 1. The van der Waals surface area contributed by atoms with Crippen molar-refractivity contribution in [2.75, 3.05) is 25.0 Å². The second-order valence-electron chi connectivity index (χ2n) is 8.23. The number of carbonyl (C=O) groups excluding carboxylic acids is 1. The summed E-state index contributed by atoms with van der Waals surface area (Å²) in [5.74, 6) is 0.374. The smallest absolute Gasteiger partial charge is 0.237 e. The molecular weight excluding hydrogens is 395 g/mol. The number of amidine groups is 1. The predicted molar refractivity (Wildman–Crippen MR) is 117 cm³/mol. The van der Waals surface area contributed by atoms with Crippen molar-refractivity contribution in [1.29, 1.82) is 5.26 Å². The van der Waals surface area contributed by atoms with Crippen molar-refractivity contribution < 1.29 is 9.18 Å². The molecule has 8 heteroatoms. The van der Waals surface area contributed by atoms with Crippen LogP contribution in [0.3, 0.4) is 0 Å². The van der Waals surface area contributed by atoms with E-state index in [0.29, 0.717) is 18.7 Å². The van der Waals surface area contributed by atoms with Gasteiger partial charge in [0, 0.05) is 18.8 Å². The number of amides is 1. The number of nitrogens with one attached hydrogen (secondary N) is 1. The summed E-state index contributed by atoms with van der Waals surface area (Å²) in [5.41, 5.74) is 7.31. The number of nitrogens with zero attached hydrogens (tertiary/aromatic N) is 4. The van der Waals surface area contributed by atoms with Crippen LogP contribution in [-0.2, 0) is 4.79 Å². The maximum Gasteiger partial charge on any atom is 0.237 e. The van der Waals surface area contributed by atoms with Crippen LogP contribution < -0.4 is 11.1 Å². The third-order valence-electron chi connectivity index (χ3n) is 5.97. The van der Waals surface area contributed by atoms with Crippen LogP contribution in [0.2, 0.25) is 0 Å². The predicted octanol–water partition coefficient (Wildman–Crippen LogP) is 2.47. The number of aliphatic imine (C=N–C) groups is 1. The van der Waals surface area contributed by atoms with Gasteiger partial charge in [0.05, 0.1) is 23.7 Å². The van der Waals surface area contributed by atoms with Gasteiger partial charge in [0.15, 0.2) is 0 Å². The minimum absolute atomic E-state index is 0.0506. The highest BCUT2D eigenvalue weighted by Gasteiger charge is 2.49. The SMILES string of the molecule is CC1(C)C2=NC(c3ccc(F)cc3)C(Nc3ccc(C#N)cc3)N2CCN1C(=O)CN. The van der Waals surface area contributed by atoms with Crippen LogP contribution >= 0.6 is 0 Å². The van der Waals surface area contributed by atoms with Crippen molar-refractivity contribution in [3.05, 3.63) is 65.5 Å². The van der Waals surface area contributed by atoms with Crippen LogP contribution in [0.1, 0.15) is 31.0 Å². The fraction of sp³-hybridized carbons (Fsp3) is 0.348. The fourth-order valence-electron chi connectivity index (χ4n) is 4.37. The maximum absolute atomic E-state index is 13.5. The Hall–Kier alpha value is -3.44. The third-order valence-corrected chi connectivity index (χ3v) is 5.97. The van der Waals surface area contributed by atoms with E-state index in [1.807, 2.05) is 26.0 Å². The molecule has 3 N–H and O–H groups in total. The normalized spacial score (nSPS) is 21.8. The van der Waals surface area contributed by atoms with Crippen LogP contribution in [0, 0.1) is 17.1 Å². The number of nitriles is 1. The molecule has 1 amide bonds. The number of halogens is 1. The number of carbonyl (C=O) groups is 1. The number of fused-ring (bicyclic) bond motifs is 1. The zero-order valence-electron chi connectivity index (χ0n) is 17.5. The highest BCUT2D eigenvalue weighted by molar-refractivity contribution is 5.97. The number of piperazine rings is 1. The van der Waals surface area contributed by atoms with Gasteiger partial charge in [-0.25, -0.2) is 4.39 Å². The van der Waals surface area contributed by atoms with Gasteiger partial charge in [-0.05, 0) is 55.8 Å². The average Bonchev–Trinajstić information content (AvgIpc) is 3.14. The van der Waals surface area contributed by atoms with E-state index < -0.39 is 5.54 Å². The maximum atomic E-state index is 13.5. The molecule has 0 aromatic heterocycles. The van der Waals surface area contributed by atoms with Crippen LogP contribution in [-0.4, -0.2) is 52.9 Å². The first-order valence-corrected chi connectivity index (χ1v) is 10.2. The molecule has 7 nitrogen and oxygen atoms in total. The zero-order valence-corrected chi connectivity index (χ0v) is 17.5. The molecule has 0 saturated carbocycles. The van der Waals surface area contributed by atoms with Crippen LogP contribution in [0.4, 0.5) is 10.1 Å². The first-order valence-electron chi connectivity index (χ1n) is 10.2. The fourth-order valence-corrected chi connectivity index (χ4v) is 4.37. The van der Waals surface area contributed by atoms with E-state index in [2.05, 4.69) is 16.3 Å². The van der Waals surface area contributed by atoms with E-state index in [9.17, 15) is 9.18 Å². The van der Waals surface area contributed by atoms with Crippen molar-refractivity contribution in [2.45, 2.75) is 31.6 Å². The van der Waals surface area contributed by atoms with Crippen molar-refractivity contribution >= 4 is 17.4 Å². The van der Waals surface area contributed by atoms with E-state index in [0.717, 1.165) is 17.1 Å². The van der Waals surface area contributed by atoms with Crippen molar-refractivity contribution in [1.82, 2.24) is 9.80 Å². The molecule has 0 radical (unpaired) electrons. The zero-order chi connectivity index (χ0) is 22.2. The summed E-state index contributed by atoms with van der Waals surface area (Å²) in [6, 6.07) is 15.4. The lowest BCUT2D eigenvalue weighted by Gasteiger charge is -2.48. The molecular formula is C23H25FN6O. The van der Waals surface area contributed by atoms with Gasteiger partial charge in [-0.15, -0.1) is 0 Å². The molecule has 2 heterocycles. The summed E-state index contributed by atoms with van der Waals surface area (Å²) in [4.78, 5) is 21.4. The van der Waals surface area contributed by atoms with Gasteiger partial charge in [-0.1, -0.05) is 12.1 Å². The summed E-state index contributed by atoms with van der Waals surface area (Å²) < 4.78 is 13.5. The molecule has 160 valence electrons. The molecule has 0 bridgehead atoms. The summed E-state index contributed by atoms with van der Waals surface area (Å²) in [7, 11) is 0. The van der Waals surface area contributed by atoms with Gasteiger partial charge >= 0.3 is 0 Å². The monoisotopic (exact) mass is 420 g/mol. The third kappa shape index (κ3) is 3.73. The summed E-state index contributed by atoms with van der Waals surface area (Å²) in [6.07, 6.45) is -0.220. The van der Waals surface area contributed by atoms with E-state index >= 15 is 0 Å². The number of hydrogen-bond acceptors (Lipinski definition) is 6. The highest BCUT2D eigenvalue weighted by Crippen LogP contribution is 2.38. The molecule has 1 saturated heterocycles. The molecule has 2 aliphatic heterocycles. The molecule has 2 atom stereocenters. The van der Waals surface area contributed by atoms with E-state index in [1.54, 1.807) is 29.2 Å². The topological polar surface area (TPSA) is 97.8 Å². The largest absolute Gasteiger partial charge is 0.363 e. The summed E-state index contributed by atoms with van der Waals surface area (Å²) in [6.45, 7) is 5.02. The Morgan fingerprint density at radius 1 is 1.23 bits per heavy atom. The van der Waals surface area contributed by atoms with Gasteiger partial charge in [-0.2, -0.15) is 5.26 Å². The summed E-state index contributed by atoms with van der Waals surface area (Å²) >= 11 is 0. The standard InChI is InChI=1S/C23H25FN6O/c1-23(2)22-28-20(16-5-7-17(24)8-6-16)21(27-18-9-3-15(13-25)4-10-18)29(22)11-12-30(23)19(31)14-26/h3-10,20-21,27H,11-12,14,26H2,1-2H3. The molecule has 1 fully saturated rings. The Kier molecular flexibility index (Phi) is 5.38. The van der Waals surface area contributed by atoms with Gasteiger partial charge in [0.2, 0.25) is 5.91 Å². The lowest BCUT2D eigenvalue weighted by atomic mass is 9.96. The molecule has 2 aromatic rings. The van der Waals surface area contributed by atoms with Crippen molar-refractivity contribution in [3.8, 4) is 6.07 Å². The van der Waals surface area contributed by atoms with Crippen molar-refractivity contribution in [2.24, 2.45) is 10.7 Å². The first kappa shape index (κ1) is 20.8. The molecule has 2 aliphatic rings. The molecule has 0 aliphatic carbocycles. The van der Waals surface area contributed by atoms with Gasteiger partial charge in [0.1, 0.15) is 23.9 Å². The molecule has 2 aromatic carbocycles. The molecule has 31 heavy (non-hydrogen) atoms. The Morgan fingerprint density at radius 2 is 1.90 bits per heavy atom. The van der Waals surface area contributed by atoms with Crippen LogP contribution in [0.15, 0.2) is 53.5 Å². The lowest BCUT2D eigenvalue weighted by molar-refractivity contribution is -0.134. The van der Waals surface area contributed by atoms with Crippen LogP contribution in [0.5, 0.6) is 0 Å². The number of hydrogen-bond donors (Lipinski definition) is 2. The average molecular weight is 420 g/mol. The number of rotatable bonds is 4. The quantitative estimate of drug-likeness (QED) is 0.792. The van der Waals surface area contributed by atoms with Gasteiger partial charge < -0.3 is 20.9 Å². The Balaban J connectivity index is 1.71. The molecule has 2 unspecified atom stereocenters. The molecule has 4 rings (SSSR count). The second-order valence-corrected chi connectivity index (χ2v) is 8.23. The van der Waals surface area contributed by atoms with Crippen molar-refractivity contribution in [3.63, 3.8) is 0 Å². The van der Waals surface area contributed by atoms with Gasteiger partial charge in [-0.3, -0.25) is 9.79 Å². The number of anilines is 1. The lowest BCUT2D eigenvalue weighted by Crippen LogP contribution is -2.66. The van der Waals surface area contributed by atoms with E-state index in [-0.39, 0.29) is 30.5 Å². The van der Waals surface area contributed by atoms with Gasteiger partial charge in [0.25, 0.3) is 0 Å². The molecule has 0 spiro atoms. The Morgan fingerprint density at radius 3 is 2.52 bits per heavy atom. The minimum atomic E-state index is -0.631. The second kappa shape index (κ2) is 8.00. The van der Waals surface area contributed by atoms with E-state index in [4.69, 9.17) is 16.0 Å². The summed E-state index contributed by atoms with van der Waals surface area (Å²) in [5, 5.41) is 12.6. The first-order chi connectivity index (χ1) is 14.8. The Bertz CT molecular complexity index is 1040.